The summed E-state index contributed by atoms with van der Waals surface area (Å²) in [6.45, 7) is 5.45. The molecule has 0 aliphatic carbocycles. The van der Waals surface area contributed by atoms with Crippen LogP contribution in [0.2, 0.25) is 0 Å². The van der Waals surface area contributed by atoms with Crippen molar-refractivity contribution in [3.05, 3.63) is 77.6 Å². The summed E-state index contributed by atoms with van der Waals surface area (Å²) in [5, 5.41) is 8.87. The molecule has 3 N–H and O–H groups in total. The number of carbonyl (C=O) groups is 2. The predicted octanol–water partition coefficient (Wildman–Crippen LogP) is 4.65. The molecule has 3 rings (SSSR count). The van der Waals surface area contributed by atoms with E-state index in [2.05, 4.69) is 20.9 Å². The maximum atomic E-state index is 12.6. The molecule has 6 nitrogen and oxygen atoms in total. The van der Waals surface area contributed by atoms with Crippen molar-refractivity contribution in [3.8, 4) is 0 Å². The Hall–Kier alpha value is -3.67. The Bertz CT molecular complexity index is 1010. The molecular weight excluding hydrogens is 352 g/mol. The molecule has 0 aliphatic rings. The minimum Gasteiger partial charge on any atom is -0.354 e. The number of benzene rings is 2. The number of nitrogens with zero attached hydrogens (tertiary/aromatic N) is 1. The molecule has 0 saturated carbocycles. The molecule has 1 heterocycles. The maximum absolute atomic E-state index is 12.6. The molecule has 6 heteroatoms. The van der Waals surface area contributed by atoms with Gasteiger partial charge in [0.25, 0.3) is 5.91 Å². The lowest BCUT2D eigenvalue weighted by Gasteiger charge is -2.11. The number of amides is 2. The van der Waals surface area contributed by atoms with Gasteiger partial charge in [0.1, 0.15) is 0 Å². The van der Waals surface area contributed by atoms with Gasteiger partial charge in [0.15, 0.2) is 0 Å². The lowest BCUT2D eigenvalue weighted by atomic mass is 10.1. The van der Waals surface area contributed by atoms with Crippen LogP contribution in [0.25, 0.3) is 0 Å². The summed E-state index contributed by atoms with van der Waals surface area (Å²) in [5.41, 5.74) is 5.64. The Labute approximate surface area is 164 Å². The Morgan fingerprint density at radius 1 is 0.857 bits per heavy atom. The molecule has 0 aliphatic heterocycles. The normalized spacial score (nSPS) is 10.2. The third kappa shape index (κ3) is 4.73. The van der Waals surface area contributed by atoms with Crippen molar-refractivity contribution < 1.29 is 9.59 Å². The zero-order chi connectivity index (χ0) is 20.1. The second-order valence-electron chi connectivity index (χ2n) is 6.55. The van der Waals surface area contributed by atoms with Crippen molar-refractivity contribution in [2.24, 2.45) is 0 Å². The first-order chi connectivity index (χ1) is 13.4. The van der Waals surface area contributed by atoms with E-state index < -0.39 is 0 Å². The van der Waals surface area contributed by atoms with Gasteiger partial charge in [0, 0.05) is 30.2 Å². The van der Waals surface area contributed by atoms with Gasteiger partial charge in [-0.05, 0) is 61.4 Å². The van der Waals surface area contributed by atoms with Crippen LogP contribution in [0.3, 0.4) is 0 Å². The number of aryl methyl sites for hydroxylation is 1. The largest absolute Gasteiger partial charge is 0.354 e. The number of hydrogen-bond donors (Lipinski definition) is 3. The van der Waals surface area contributed by atoms with Gasteiger partial charge in [-0.15, -0.1) is 0 Å². The second-order valence-corrected chi connectivity index (χ2v) is 6.55. The van der Waals surface area contributed by atoms with Crippen LogP contribution >= 0.6 is 0 Å². The van der Waals surface area contributed by atoms with Crippen molar-refractivity contribution in [2.75, 3.05) is 16.0 Å². The van der Waals surface area contributed by atoms with Gasteiger partial charge in [0.2, 0.25) is 5.91 Å². The van der Waals surface area contributed by atoms with Crippen LogP contribution in [0.15, 0.2) is 60.9 Å². The first kappa shape index (κ1) is 19.1. The number of aromatic nitrogens is 1. The molecule has 0 saturated heterocycles. The highest BCUT2D eigenvalue weighted by Crippen LogP contribution is 2.21. The fraction of sp³-hybridized carbons (Fsp3) is 0.136. The fourth-order valence-corrected chi connectivity index (χ4v) is 2.72. The van der Waals surface area contributed by atoms with Crippen LogP contribution in [0.4, 0.5) is 22.7 Å². The summed E-state index contributed by atoms with van der Waals surface area (Å²) in [7, 11) is 0. The molecule has 0 fully saturated rings. The highest BCUT2D eigenvalue weighted by atomic mass is 16.2. The predicted molar refractivity (Wildman–Crippen MR) is 112 cm³/mol. The number of carbonyl (C=O) groups excluding carboxylic acids is 2. The molecule has 2 aromatic carbocycles. The monoisotopic (exact) mass is 374 g/mol. The lowest BCUT2D eigenvalue weighted by Crippen LogP contribution is -2.13. The first-order valence-electron chi connectivity index (χ1n) is 8.89. The molecule has 0 radical (unpaired) electrons. The van der Waals surface area contributed by atoms with Crippen LogP contribution in [-0.4, -0.2) is 16.8 Å². The van der Waals surface area contributed by atoms with Crippen LogP contribution in [0.1, 0.15) is 28.4 Å². The topological polar surface area (TPSA) is 83.1 Å². The van der Waals surface area contributed by atoms with Crippen molar-refractivity contribution in [1.82, 2.24) is 4.98 Å². The molecule has 0 atom stereocenters. The van der Waals surface area contributed by atoms with Crippen molar-refractivity contribution >= 4 is 34.6 Å². The molecule has 28 heavy (non-hydrogen) atoms. The molecule has 0 bridgehead atoms. The number of rotatable bonds is 5. The van der Waals surface area contributed by atoms with Gasteiger partial charge in [0.05, 0.1) is 17.4 Å². The Kier molecular flexibility index (Phi) is 5.69. The van der Waals surface area contributed by atoms with E-state index in [1.165, 1.54) is 13.1 Å². The Balaban J connectivity index is 1.72. The van der Waals surface area contributed by atoms with Crippen LogP contribution in [-0.2, 0) is 4.79 Å². The quantitative estimate of drug-likeness (QED) is 0.607. The van der Waals surface area contributed by atoms with Gasteiger partial charge in [-0.2, -0.15) is 0 Å². The number of nitrogens with one attached hydrogen (secondary N) is 3. The molecule has 142 valence electrons. The fourth-order valence-electron chi connectivity index (χ4n) is 2.72. The number of pyridine rings is 1. The van der Waals surface area contributed by atoms with Crippen LogP contribution in [0, 0.1) is 13.8 Å². The lowest BCUT2D eigenvalue weighted by molar-refractivity contribution is -0.114. The first-order valence-corrected chi connectivity index (χ1v) is 8.89. The van der Waals surface area contributed by atoms with Gasteiger partial charge in [-0.1, -0.05) is 12.1 Å². The molecule has 3 aromatic rings. The molecule has 1 aromatic heterocycles. The maximum Gasteiger partial charge on any atom is 0.257 e. The van der Waals surface area contributed by atoms with E-state index in [1.807, 2.05) is 44.2 Å². The van der Waals surface area contributed by atoms with E-state index in [1.54, 1.807) is 24.4 Å². The highest BCUT2D eigenvalue weighted by molar-refractivity contribution is 6.05. The Morgan fingerprint density at radius 3 is 2.29 bits per heavy atom. The standard InChI is InChI=1S/C22H22N4O2/c1-14-5-4-6-21(15(14)2)26-22(28)17-11-20(13-23-12-17)25-19-9-7-18(8-10-19)24-16(3)27/h4-13,25H,1-3H3,(H,24,27)(H,26,28). The Morgan fingerprint density at radius 2 is 1.57 bits per heavy atom. The average Bonchev–Trinajstić information content (AvgIpc) is 2.67. The summed E-state index contributed by atoms with van der Waals surface area (Å²) in [5.74, 6) is -0.335. The molecule has 0 spiro atoms. The van der Waals surface area contributed by atoms with Crippen LogP contribution in [0.5, 0.6) is 0 Å². The van der Waals surface area contributed by atoms with Gasteiger partial charge in [-0.25, -0.2) is 0 Å². The van der Waals surface area contributed by atoms with Crippen molar-refractivity contribution in [2.45, 2.75) is 20.8 Å². The number of anilines is 4. The van der Waals surface area contributed by atoms with Gasteiger partial charge in [-0.3, -0.25) is 14.6 Å². The summed E-state index contributed by atoms with van der Waals surface area (Å²) in [4.78, 5) is 27.9. The zero-order valence-corrected chi connectivity index (χ0v) is 16.0. The zero-order valence-electron chi connectivity index (χ0n) is 16.0. The van der Waals surface area contributed by atoms with E-state index in [-0.39, 0.29) is 11.8 Å². The van der Waals surface area contributed by atoms with E-state index in [0.29, 0.717) is 11.3 Å². The van der Waals surface area contributed by atoms with Crippen molar-refractivity contribution in [1.29, 1.82) is 0 Å². The minimum absolute atomic E-state index is 0.118. The van der Waals surface area contributed by atoms with Gasteiger partial charge < -0.3 is 16.0 Å². The van der Waals surface area contributed by atoms with Crippen molar-refractivity contribution in [3.63, 3.8) is 0 Å². The third-order valence-corrected chi connectivity index (χ3v) is 4.35. The summed E-state index contributed by atoms with van der Waals surface area (Å²) >= 11 is 0. The summed E-state index contributed by atoms with van der Waals surface area (Å²) in [6, 6.07) is 14.8. The molecular formula is C22H22N4O2. The average molecular weight is 374 g/mol. The van der Waals surface area contributed by atoms with Gasteiger partial charge >= 0.3 is 0 Å². The summed E-state index contributed by atoms with van der Waals surface area (Å²) in [6.07, 6.45) is 3.18. The number of hydrogen-bond acceptors (Lipinski definition) is 4. The van der Waals surface area contributed by atoms with E-state index >= 15 is 0 Å². The minimum atomic E-state index is -0.217. The SMILES string of the molecule is CC(=O)Nc1ccc(Nc2cncc(C(=O)Nc3cccc(C)c3C)c2)cc1. The second kappa shape index (κ2) is 8.35. The highest BCUT2D eigenvalue weighted by Gasteiger charge is 2.10. The smallest absolute Gasteiger partial charge is 0.257 e. The third-order valence-electron chi connectivity index (χ3n) is 4.35. The van der Waals surface area contributed by atoms with Crippen LogP contribution < -0.4 is 16.0 Å². The summed E-state index contributed by atoms with van der Waals surface area (Å²) < 4.78 is 0. The van der Waals surface area contributed by atoms with E-state index in [4.69, 9.17) is 0 Å². The molecule has 0 unspecified atom stereocenters. The van der Waals surface area contributed by atoms with E-state index in [0.717, 1.165) is 28.2 Å². The molecule has 2 amide bonds. The van der Waals surface area contributed by atoms with E-state index in [9.17, 15) is 9.59 Å².